The fraction of sp³-hybridized carbons (Fsp3) is 0.462. The van der Waals surface area contributed by atoms with Crippen LogP contribution in [0.2, 0.25) is 0 Å². The van der Waals surface area contributed by atoms with Gasteiger partial charge in [-0.1, -0.05) is 13.0 Å². The number of hydrogen-bond donors (Lipinski definition) is 1. The highest BCUT2D eigenvalue weighted by Gasteiger charge is 2.28. The zero-order valence-corrected chi connectivity index (χ0v) is 11.9. The van der Waals surface area contributed by atoms with Gasteiger partial charge in [-0.2, -0.15) is 0 Å². The van der Waals surface area contributed by atoms with Crippen molar-refractivity contribution in [3.8, 4) is 0 Å². The zero-order chi connectivity index (χ0) is 13.7. The molecule has 0 saturated carbocycles. The van der Waals surface area contributed by atoms with Gasteiger partial charge >= 0.3 is 5.97 Å². The van der Waals surface area contributed by atoms with Gasteiger partial charge in [0.1, 0.15) is 5.82 Å². The lowest BCUT2D eigenvalue weighted by Crippen LogP contribution is -2.24. The minimum absolute atomic E-state index is 0.261. The SMILES string of the molecule is CCOC(=O)C(CC)C(O)c1ccc(Br)c(F)c1. The molecule has 5 heteroatoms. The molecule has 1 aromatic carbocycles. The van der Waals surface area contributed by atoms with E-state index in [0.29, 0.717) is 16.5 Å². The van der Waals surface area contributed by atoms with E-state index < -0.39 is 23.8 Å². The summed E-state index contributed by atoms with van der Waals surface area (Å²) in [5.74, 6) is -1.60. The molecule has 0 saturated heterocycles. The number of benzene rings is 1. The molecule has 0 amide bonds. The topological polar surface area (TPSA) is 46.5 Å². The molecule has 0 aliphatic heterocycles. The van der Waals surface area contributed by atoms with Gasteiger partial charge in [0.15, 0.2) is 0 Å². The summed E-state index contributed by atoms with van der Waals surface area (Å²) in [7, 11) is 0. The smallest absolute Gasteiger partial charge is 0.311 e. The Morgan fingerprint density at radius 3 is 2.67 bits per heavy atom. The normalized spacial score (nSPS) is 14.1. The number of carbonyl (C=O) groups is 1. The third kappa shape index (κ3) is 3.53. The minimum atomic E-state index is -1.06. The van der Waals surface area contributed by atoms with E-state index in [1.54, 1.807) is 19.9 Å². The Morgan fingerprint density at radius 2 is 2.17 bits per heavy atom. The van der Waals surface area contributed by atoms with Gasteiger partial charge in [-0.25, -0.2) is 4.39 Å². The van der Waals surface area contributed by atoms with Crippen LogP contribution in [0.1, 0.15) is 31.9 Å². The molecular weight excluding hydrogens is 303 g/mol. The van der Waals surface area contributed by atoms with Crippen LogP contribution in [0.5, 0.6) is 0 Å². The van der Waals surface area contributed by atoms with Crippen LogP contribution in [0.15, 0.2) is 22.7 Å². The number of hydrogen-bond acceptors (Lipinski definition) is 3. The average Bonchev–Trinajstić information content (AvgIpc) is 2.33. The van der Waals surface area contributed by atoms with Crippen LogP contribution >= 0.6 is 15.9 Å². The number of esters is 1. The standard InChI is InChI=1S/C13H16BrFO3/c1-3-9(13(17)18-4-2)12(16)8-5-6-10(14)11(15)7-8/h5-7,9,12,16H,3-4H2,1-2H3. The summed E-state index contributed by atoms with van der Waals surface area (Å²) in [6.07, 6.45) is -0.630. The largest absolute Gasteiger partial charge is 0.466 e. The quantitative estimate of drug-likeness (QED) is 0.848. The molecule has 1 N–H and O–H groups in total. The lowest BCUT2D eigenvalue weighted by molar-refractivity contribution is -0.152. The molecule has 0 aliphatic carbocycles. The van der Waals surface area contributed by atoms with Gasteiger partial charge < -0.3 is 9.84 Å². The molecule has 0 aromatic heterocycles. The number of aliphatic hydroxyl groups excluding tert-OH is 1. The molecule has 100 valence electrons. The Balaban J connectivity index is 2.92. The second kappa shape index (κ2) is 6.85. The van der Waals surface area contributed by atoms with Crippen LogP contribution in [0.25, 0.3) is 0 Å². The molecule has 3 nitrogen and oxygen atoms in total. The van der Waals surface area contributed by atoms with Crippen LogP contribution in [-0.2, 0) is 9.53 Å². The van der Waals surface area contributed by atoms with Crippen LogP contribution in [-0.4, -0.2) is 17.7 Å². The first kappa shape index (κ1) is 15.1. The number of aliphatic hydroxyl groups is 1. The number of halogens is 2. The van der Waals surface area contributed by atoms with Gasteiger partial charge in [-0.05, 0) is 47.0 Å². The highest BCUT2D eigenvalue weighted by atomic mass is 79.9. The van der Waals surface area contributed by atoms with Crippen LogP contribution in [0.4, 0.5) is 4.39 Å². The van der Waals surface area contributed by atoms with E-state index in [1.165, 1.54) is 12.1 Å². The van der Waals surface area contributed by atoms with Gasteiger partial charge in [0.2, 0.25) is 0 Å². The molecule has 0 bridgehead atoms. The lowest BCUT2D eigenvalue weighted by Gasteiger charge is -2.20. The molecule has 2 unspecified atom stereocenters. The Morgan fingerprint density at radius 1 is 1.50 bits per heavy atom. The zero-order valence-electron chi connectivity index (χ0n) is 10.3. The first-order valence-electron chi connectivity index (χ1n) is 5.80. The average molecular weight is 319 g/mol. The van der Waals surface area contributed by atoms with Crippen molar-refractivity contribution in [3.63, 3.8) is 0 Å². The van der Waals surface area contributed by atoms with E-state index in [1.807, 2.05) is 0 Å². The molecule has 2 atom stereocenters. The van der Waals surface area contributed by atoms with Gasteiger partial charge in [0.05, 0.1) is 23.1 Å². The van der Waals surface area contributed by atoms with Crippen LogP contribution < -0.4 is 0 Å². The summed E-state index contributed by atoms with van der Waals surface area (Å²) in [5, 5.41) is 10.1. The van der Waals surface area contributed by atoms with E-state index in [4.69, 9.17) is 4.74 Å². The second-order valence-electron chi connectivity index (χ2n) is 3.89. The Kier molecular flexibility index (Phi) is 5.75. The van der Waals surface area contributed by atoms with Crippen molar-refractivity contribution in [1.82, 2.24) is 0 Å². The summed E-state index contributed by atoms with van der Waals surface area (Å²) >= 11 is 3.04. The van der Waals surface area contributed by atoms with Gasteiger partial charge in [0.25, 0.3) is 0 Å². The van der Waals surface area contributed by atoms with E-state index in [2.05, 4.69) is 15.9 Å². The van der Waals surface area contributed by atoms with Crippen molar-refractivity contribution in [1.29, 1.82) is 0 Å². The first-order chi connectivity index (χ1) is 8.51. The van der Waals surface area contributed by atoms with Crippen LogP contribution in [0, 0.1) is 11.7 Å². The summed E-state index contributed by atoms with van der Waals surface area (Å²) in [6.45, 7) is 3.74. The molecule has 0 radical (unpaired) electrons. The molecular formula is C13H16BrFO3. The van der Waals surface area contributed by atoms with Crippen LogP contribution in [0.3, 0.4) is 0 Å². The Hall–Kier alpha value is -0.940. The maximum Gasteiger partial charge on any atom is 0.311 e. The molecule has 1 aromatic rings. The predicted molar refractivity (Wildman–Crippen MR) is 69.5 cm³/mol. The van der Waals surface area contributed by atoms with Gasteiger partial charge in [0, 0.05) is 0 Å². The van der Waals surface area contributed by atoms with Crippen molar-refractivity contribution in [3.05, 3.63) is 34.1 Å². The fourth-order valence-corrected chi connectivity index (χ4v) is 1.94. The van der Waals surface area contributed by atoms with Crippen molar-refractivity contribution in [2.45, 2.75) is 26.4 Å². The molecule has 0 fully saturated rings. The minimum Gasteiger partial charge on any atom is -0.466 e. The fourth-order valence-electron chi connectivity index (χ4n) is 1.70. The highest BCUT2D eigenvalue weighted by molar-refractivity contribution is 9.10. The first-order valence-corrected chi connectivity index (χ1v) is 6.60. The third-order valence-corrected chi connectivity index (χ3v) is 3.34. The maximum absolute atomic E-state index is 13.4. The van der Waals surface area contributed by atoms with E-state index in [0.717, 1.165) is 0 Å². The van der Waals surface area contributed by atoms with Crippen molar-refractivity contribution in [2.24, 2.45) is 5.92 Å². The van der Waals surface area contributed by atoms with E-state index in [-0.39, 0.29) is 6.61 Å². The van der Waals surface area contributed by atoms with E-state index in [9.17, 15) is 14.3 Å². The number of rotatable bonds is 5. The molecule has 0 heterocycles. The van der Waals surface area contributed by atoms with Crippen molar-refractivity contribution < 1.29 is 19.0 Å². The lowest BCUT2D eigenvalue weighted by atomic mass is 9.93. The maximum atomic E-state index is 13.4. The van der Waals surface area contributed by atoms with Gasteiger partial charge in [-0.15, -0.1) is 0 Å². The summed E-state index contributed by atoms with van der Waals surface area (Å²) < 4.78 is 18.6. The van der Waals surface area contributed by atoms with Gasteiger partial charge in [-0.3, -0.25) is 4.79 Å². The Labute approximate surface area is 114 Å². The van der Waals surface area contributed by atoms with Crippen molar-refractivity contribution >= 4 is 21.9 Å². The monoisotopic (exact) mass is 318 g/mol. The predicted octanol–water partition coefficient (Wildman–Crippen LogP) is 3.21. The molecule has 18 heavy (non-hydrogen) atoms. The Bertz CT molecular complexity index is 423. The third-order valence-electron chi connectivity index (χ3n) is 2.70. The number of ether oxygens (including phenoxy) is 1. The van der Waals surface area contributed by atoms with E-state index >= 15 is 0 Å². The number of carbonyl (C=O) groups excluding carboxylic acids is 1. The second-order valence-corrected chi connectivity index (χ2v) is 4.74. The summed E-state index contributed by atoms with van der Waals surface area (Å²) in [5.41, 5.74) is 0.371. The summed E-state index contributed by atoms with van der Waals surface area (Å²) in [6, 6.07) is 4.31. The van der Waals surface area contributed by atoms with Crippen molar-refractivity contribution in [2.75, 3.05) is 6.61 Å². The molecule has 0 spiro atoms. The highest BCUT2D eigenvalue weighted by Crippen LogP contribution is 2.28. The summed E-state index contributed by atoms with van der Waals surface area (Å²) in [4.78, 5) is 11.7. The molecule has 0 aliphatic rings. The molecule has 1 rings (SSSR count).